The van der Waals surface area contributed by atoms with Gasteiger partial charge in [-0.3, -0.25) is 9.59 Å². The number of benzene rings is 2. The average molecular weight is 467 g/mol. The second-order valence-corrected chi connectivity index (χ2v) is 9.11. The van der Waals surface area contributed by atoms with Crippen LogP contribution in [-0.4, -0.2) is 41.8 Å². The maximum absolute atomic E-state index is 12.9. The maximum atomic E-state index is 12.9. The highest BCUT2D eigenvalue weighted by Gasteiger charge is 2.39. The van der Waals surface area contributed by atoms with E-state index in [9.17, 15) is 19.5 Å². The summed E-state index contributed by atoms with van der Waals surface area (Å²) < 4.78 is 5.59. The van der Waals surface area contributed by atoms with E-state index in [0.717, 1.165) is 22.3 Å². The highest BCUT2D eigenvalue weighted by molar-refractivity contribution is 5.90. The number of carboxylic acid groups (broad SMARTS) is 1. The van der Waals surface area contributed by atoms with Gasteiger partial charge in [-0.15, -0.1) is 0 Å². The van der Waals surface area contributed by atoms with Gasteiger partial charge in [-0.2, -0.15) is 0 Å². The van der Waals surface area contributed by atoms with Crippen molar-refractivity contribution in [2.24, 2.45) is 5.41 Å². The van der Waals surface area contributed by atoms with Crippen molar-refractivity contribution >= 4 is 18.0 Å². The zero-order chi connectivity index (χ0) is 24.9. The molecule has 1 unspecified atom stereocenters. The van der Waals surface area contributed by atoms with Gasteiger partial charge in [0.25, 0.3) is 0 Å². The number of alkyl carbamates (subject to hydrolysis) is 1. The predicted octanol–water partition coefficient (Wildman–Crippen LogP) is 4.70. The Morgan fingerprint density at radius 1 is 0.912 bits per heavy atom. The molecule has 0 heterocycles. The first-order chi connectivity index (χ1) is 16.2. The minimum atomic E-state index is -1.23. The predicted molar refractivity (Wildman–Crippen MR) is 131 cm³/mol. The number of ether oxygens (including phenoxy) is 1. The molecule has 0 bridgehead atoms. The van der Waals surface area contributed by atoms with E-state index in [2.05, 4.69) is 22.8 Å². The summed E-state index contributed by atoms with van der Waals surface area (Å²) in [5.41, 5.74) is 2.23. The lowest BCUT2D eigenvalue weighted by Crippen LogP contribution is -2.58. The molecule has 3 N–H and O–H groups in total. The third-order valence-electron chi connectivity index (χ3n) is 7.32. The quantitative estimate of drug-likeness (QED) is 0.471. The first-order valence-electron chi connectivity index (χ1n) is 11.9. The zero-order valence-corrected chi connectivity index (χ0v) is 20.3. The normalized spacial score (nSPS) is 14.5. The summed E-state index contributed by atoms with van der Waals surface area (Å²) in [7, 11) is 0. The van der Waals surface area contributed by atoms with Gasteiger partial charge < -0.3 is 20.5 Å². The fourth-order valence-corrected chi connectivity index (χ4v) is 4.49. The van der Waals surface area contributed by atoms with Gasteiger partial charge in [-0.05, 0) is 48.4 Å². The number of carboxylic acids is 1. The standard InChI is InChI=1S/C27H34N2O5/c1-5-26(4,23(30)28-17-27(6-2,7-3)24(31)32)29-25(33)34-16-22-20-14-10-8-12-18(20)19-13-9-11-15-21(19)22/h8-15,22H,5-7,16-17H2,1-4H3,(H,28,30)(H,29,33)(H,31,32). The summed E-state index contributed by atoms with van der Waals surface area (Å²) in [6.07, 6.45) is 0.419. The van der Waals surface area contributed by atoms with Crippen LogP contribution in [0, 0.1) is 5.41 Å². The second-order valence-electron chi connectivity index (χ2n) is 9.11. The Hall–Kier alpha value is -3.35. The van der Waals surface area contributed by atoms with Crippen LogP contribution in [0.4, 0.5) is 4.79 Å². The molecule has 7 nitrogen and oxygen atoms in total. The number of carbonyl (C=O) groups excluding carboxylic acids is 2. The molecule has 2 amide bonds. The lowest BCUT2D eigenvalue weighted by atomic mass is 9.82. The second kappa shape index (κ2) is 10.3. The molecule has 0 radical (unpaired) electrons. The van der Waals surface area contributed by atoms with Crippen LogP contribution in [-0.2, 0) is 14.3 Å². The number of rotatable bonds is 10. The van der Waals surface area contributed by atoms with Crippen LogP contribution >= 0.6 is 0 Å². The van der Waals surface area contributed by atoms with Crippen molar-refractivity contribution in [2.75, 3.05) is 13.2 Å². The number of hydrogen-bond acceptors (Lipinski definition) is 4. The largest absolute Gasteiger partial charge is 0.481 e. The van der Waals surface area contributed by atoms with Crippen LogP contribution < -0.4 is 10.6 Å². The molecule has 2 aromatic carbocycles. The first-order valence-corrected chi connectivity index (χ1v) is 11.9. The molecule has 2 aromatic rings. The molecule has 1 atom stereocenters. The summed E-state index contributed by atoms with van der Waals surface area (Å²) >= 11 is 0. The van der Waals surface area contributed by atoms with Crippen LogP contribution in [0.15, 0.2) is 48.5 Å². The fourth-order valence-electron chi connectivity index (χ4n) is 4.49. The number of nitrogens with one attached hydrogen (secondary N) is 2. The van der Waals surface area contributed by atoms with Crippen molar-refractivity contribution in [1.29, 1.82) is 0 Å². The Labute approximate surface area is 200 Å². The van der Waals surface area contributed by atoms with Crippen molar-refractivity contribution in [3.63, 3.8) is 0 Å². The summed E-state index contributed by atoms with van der Waals surface area (Å²) in [6.45, 7) is 7.12. The molecule has 0 aliphatic heterocycles. The van der Waals surface area contributed by atoms with E-state index in [1.165, 1.54) is 0 Å². The molecule has 0 saturated carbocycles. The van der Waals surface area contributed by atoms with E-state index in [4.69, 9.17) is 4.74 Å². The topological polar surface area (TPSA) is 105 Å². The number of carbonyl (C=O) groups is 3. The van der Waals surface area contributed by atoms with Gasteiger partial charge in [0.15, 0.2) is 0 Å². The maximum Gasteiger partial charge on any atom is 0.408 e. The monoisotopic (exact) mass is 466 g/mol. The molecule has 0 aromatic heterocycles. The summed E-state index contributed by atoms with van der Waals surface area (Å²) in [5, 5.41) is 15.0. The first kappa shape index (κ1) is 25.3. The molecule has 3 rings (SSSR count). The summed E-state index contributed by atoms with van der Waals surface area (Å²) in [4.78, 5) is 37.4. The van der Waals surface area contributed by atoms with Gasteiger partial charge in [-0.25, -0.2) is 4.79 Å². The molecule has 0 spiro atoms. The molecule has 1 aliphatic rings. The van der Waals surface area contributed by atoms with Crippen LogP contribution in [0.5, 0.6) is 0 Å². The van der Waals surface area contributed by atoms with Gasteiger partial charge in [0.05, 0.1) is 5.41 Å². The molecule has 7 heteroatoms. The van der Waals surface area contributed by atoms with Crippen molar-refractivity contribution in [3.8, 4) is 11.1 Å². The lowest BCUT2D eigenvalue weighted by Gasteiger charge is -2.32. The highest BCUT2D eigenvalue weighted by Crippen LogP contribution is 2.44. The van der Waals surface area contributed by atoms with Crippen molar-refractivity contribution < 1.29 is 24.2 Å². The van der Waals surface area contributed by atoms with Crippen LogP contribution in [0.2, 0.25) is 0 Å². The Kier molecular flexibility index (Phi) is 7.64. The van der Waals surface area contributed by atoms with E-state index in [-0.39, 0.29) is 19.1 Å². The van der Waals surface area contributed by atoms with E-state index in [1.807, 2.05) is 36.4 Å². The number of hydrogen-bond donors (Lipinski definition) is 3. The minimum absolute atomic E-state index is 0.00384. The number of aliphatic carboxylic acids is 1. The van der Waals surface area contributed by atoms with E-state index >= 15 is 0 Å². The van der Waals surface area contributed by atoms with E-state index in [0.29, 0.717) is 19.3 Å². The Balaban J connectivity index is 1.65. The van der Waals surface area contributed by atoms with E-state index < -0.39 is 28.9 Å². The third-order valence-corrected chi connectivity index (χ3v) is 7.32. The minimum Gasteiger partial charge on any atom is -0.481 e. The van der Waals surface area contributed by atoms with Gasteiger partial charge >= 0.3 is 12.1 Å². The Morgan fingerprint density at radius 2 is 1.44 bits per heavy atom. The van der Waals surface area contributed by atoms with Gasteiger partial charge in [0.2, 0.25) is 5.91 Å². The molecule has 182 valence electrons. The zero-order valence-electron chi connectivity index (χ0n) is 20.3. The third kappa shape index (κ3) is 4.79. The summed E-state index contributed by atoms with van der Waals surface area (Å²) in [6, 6.07) is 16.1. The average Bonchev–Trinajstić information content (AvgIpc) is 3.17. The Bertz CT molecular complexity index is 1020. The van der Waals surface area contributed by atoms with Gasteiger partial charge in [0.1, 0.15) is 12.1 Å². The van der Waals surface area contributed by atoms with Crippen LogP contribution in [0.25, 0.3) is 11.1 Å². The molecule has 34 heavy (non-hydrogen) atoms. The molecule has 1 aliphatic carbocycles. The van der Waals surface area contributed by atoms with Crippen molar-refractivity contribution in [3.05, 3.63) is 59.7 Å². The Morgan fingerprint density at radius 3 is 1.91 bits per heavy atom. The fraction of sp³-hybridized carbons (Fsp3) is 0.444. The van der Waals surface area contributed by atoms with Crippen LogP contribution in [0.1, 0.15) is 64.0 Å². The molecule has 0 saturated heterocycles. The highest BCUT2D eigenvalue weighted by atomic mass is 16.5. The van der Waals surface area contributed by atoms with Crippen molar-refractivity contribution in [1.82, 2.24) is 10.6 Å². The number of fused-ring (bicyclic) bond motifs is 3. The van der Waals surface area contributed by atoms with Gasteiger partial charge in [0, 0.05) is 12.5 Å². The van der Waals surface area contributed by atoms with E-state index in [1.54, 1.807) is 27.7 Å². The molecular weight excluding hydrogens is 432 g/mol. The SMILES string of the molecule is CCC(CC)(CNC(=O)C(C)(CC)NC(=O)OCC1c2ccccc2-c2ccccc21)C(=O)O. The smallest absolute Gasteiger partial charge is 0.408 e. The van der Waals surface area contributed by atoms with Crippen molar-refractivity contribution in [2.45, 2.75) is 58.4 Å². The summed E-state index contributed by atoms with van der Waals surface area (Å²) in [5.74, 6) is -1.46. The molecular formula is C27H34N2O5. The van der Waals surface area contributed by atoms with Gasteiger partial charge in [-0.1, -0.05) is 69.3 Å². The van der Waals surface area contributed by atoms with Crippen LogP contribution in [0.3, 0.4) is 0 Å². The lowest BCUT2D eigenvalue weighted by molar-refractivity contribution is -0.149. The molecule has 0 fully saturated rings. The number of amides is 2.